The third kappa shape index (κ3) is 5.74. The molecule has 0 saturated carbocycles. The van der Waals surface area contributed by atoms with Gasteiger partial charge in [0.05, 0.1) is 11.4 Å². The molecule has 2 heteroatoms. The Balaban J connectivity index is 1.17. The number of nitrogens with zero attached hydrogens (tertiary/aromatic N) is 1. The molecule has 0 fully saturated rings. The molecule has 0 aliphatic heterocycles. The summed E-state index contributed by atoms with van der Waals surface area (Å²) in [5, 5.41) is 7.06. The number of benzene rings is 10. The summed E-state index contributed by atoms with van der Waals surface area (Å²) >= 11 is 0. The van der Waals surface area contributed by atoms with Gasteiger partial charge >= 0.3 is 0 Å². The van der Waals surface area contributed by atoms with E-state index in [1.54, 1.807) is 0 Å². The van der Waals surface area contributed by atoms with Crippen molar-refractivity contribution in [1.29, 1.82) is 0 Å². The van der Waals surface area contributed by atoms with Crippen LogP contribution in [0.1, 0.15) is 0 Å². The van der Waals surface area contributed by atoms with Crippen molar-refractivity contribution in [1.82, 2.24) is 0 Å². The average molecular weight is 740 g/mol. The van der Waals surface area contributed by atoms with Crippen molar-refractivity contribution in [3.63, 3.8) is 0 Å². The normalized spacial score (nSPS) is 11.4. The zero-order valence-electron chi connectivity index (χ0n) is 31.7. The van der Waals surface area contributed by atoms with E-state index < -0.39 is 0 Å². The van der Waals surface area contributed by atoms with Crippen LogP contribution in [0.2, 0.25) is 0 Å². The maximum atomic E-state index is 6.67. The maximum absolute atomic E-state index is 6.67. The molecule has 11 rings (SSSR count). The zero-order chi connectivity index (χ0) is 38.4. The van der Waals surface area contributed by atoms with E-state index in [0.717, 1.165) is 61.3 Å². The van der Waals surface area contributed by atoms with Crippen LogP contribution >= 0.6 is 0 Å². The second-order valence-corrected chi connectivity index (χ2v) is 14.8. The second kappa shape index (κ2) is 14.1. The van der Waals surface area contributed by atoms with Gasteiger partial charge in [0.15, 0.2) is 0 Å². The number of fused-ring (bicyclic) bond motifs is 6. The Labute approximate surface area is 337 Å². The van der Waals surface area contributed by atoms with E-state index in [-0.39, 0.29) is 0 Å². The van der Waals surface area contributed by atoms with E-state index >= 15 is 0 Å². The molecule has 0 saturated heterocycles. The molecule has 0 spiro atoms. The van der Waals surface area contributed by atoms with Crippen molar-refractivity contribution in [2.24, 2.45) is 0 Å². The quantitative estimate of drug-likeness (QED) is 0.151. The van der Waals surface area contributed by atoms with Gasteiger partial charge in [0, 0.05) is 33.0 Å². The van der Waals surface area contributed by atoms with Crippen LogP contribution in [-0.2, 0) is 0 Å². The standard InChI is InChI=1S/C56H37NO/c1-3-16-38(17-4-1)39-30-32-41(33-31-39)45-35-34-43(37-52(45)40-18-5-2-6-19-40)57(54-36-42-20-7-8-21-44(42)46-22-9-10-23-47(46)54)53-28-13-11-24-48(53)50-26-15-27-51-49-25-12-14-29-55(49)58-56(50)51/h1-37H. The van der Waals surface area contributed by atoms with E-state index in [0.29, 0.717) is 0 Å². The van der Waals surface area contributed by atoms with Crippen LogP contribution in [0.4, 0.5) is 17.1 Å². The van der Waals surface area contributed by atoms with Crippen molar-refractivity contribution >= 4 is 60.5 Å². The van der Waals surface area contributed by atoms with E-state index in [9.17, 15) is 0 Å². The third-order valence-electron chi connectivity index (χ3n) is 11.5. The Morgan fingerprint density at radius 1 is 0.293 bits per heavy atom. The summed E-state index contributed by atoms with van der Waals surface area (Å²) in [6.07, 6.45) is 0. The molecular weight excluding hydrogens is 703 g/mol. The van der Waals surface area contributed by atoms with Crippen molar-refractivity contribution in [2.45, 2.75) is 0 Å². The fourth-order valence-electron chi connectivity index (χ4n) is 8.74. The van der Waals surface area contributed by atoms with E-state index in [1.807, 2.05) is 6.07 Å². The molecule has 0 aliphatic rings. The number of furan rings is 1. The highest BCUT2D eigenvalue weighted by Gasteiger charge is 2.23. The number of anilines is 3. The smallest absolute Gasteiger partial charge is 0.143 e. The molecule has 0 N–H and O–H groups in total. The summed E-state index contributed by atoms with van der Waals surface area (Å²) in [6, 6.07) is 80.7. The average Bonchev–Trinajstić information content (AvgIpc) is 3.69. The molecule has 10 aromatic carbocycles. The molecule has 0 bridgehead atoms. The first-order chi connectivity index (χ1) is 28.8. The summed E-state index contributed by atoms with van der Waals surface area (Å²) in [5.41, 5.74) is 14.2. The Morgan fingerprint density at radius 2 is 0.862 bits per heavy atom. The molecule has 1 aromatic heterocycles. The monoisotopic (exact) mass is 739 g/mol. The molecule has 0 radical (unpaired) electrons. The minimum atomic E-state index is 0.888. The van der Waals surface area contributed by atoms with Gasteiger partial charge in [-0.3, -0.25) is 0 Å². The first-order valence-electron chi connectivity index (χ1n) is 19.8. The summed E-state index contributed by atoms with van der Waals surface area (Å²) in [5.74, 6) is 0. The van der Waals surface area contributed by atoms with Gasteiger partial charge in [0.25, 0.3) is 0 Å². The van der Waals surface area contributed by atoms with E-state index in [2.05, 4.69) is 223 Å². The lowest BCUT2D eigenvalue weighted by Gasteiger charge is -2.30. The van der Waals surface area contributed by atoms with E-state index in [4.69, 9.17) is 4.42 Å². The molecule has 58 heavy (non-hydrogen) atoms. The summed E-state index contributed by atoms with van der Waals surface area (Å²) in [6.45, 7) is 0. The number of para-hydroxylation sites is 3. The van der Waals surface area contributed by atoms with Gasteiger partial charge in [0.2, 0.25) is 0 Å². The molecular formula is C56H37NO. The second-order valence-electron chi connectivity index (χ2n) is 14.8. The van der Waals surface area contributed by atoms with Crippen LogP contribution in [0.15, 0.2) is 229 Å². The summed E-state index contributed by atoms with van der Waals surface area (Å²) in [7, 11) is 0. The van der Waals surface area contributed by atoms with Gasteiger partial charge in [-0.15, -0.1) is 0 Å². The highest BCUT2D eigenvalue weighted by atomic mass is 16.3. The van der Waals surface area contributed by atoms with Gasteiger partial charge in [0.1, 0.15) is 11.2 Å². The number of hydrogen-bond donors (Lipinski definition) is 0. The van der Waals surface area contributed by atoms with Crippen LogP contribution in [0.3, 0.4) is 0 Å². The van der Waals surface area contributed by atoms with Gasteiger partial charge < -0.3 is 9.32 Å². The lowest BCUT2D eigenvalue weighted by atomic mass is 9.92. The van der Waals surface area contributed by atoms with Gasteiger partial charge in [-0.25, -0.2) is 0 Å². The fraction of sp³-hybridized carbons (Fsp3) is 0. The van der Waals surface area contributed by atoms with Crippen molar-refractivity contribution < 1.29 is 4.42 Å². The molecule has 2 nitrogen and oxygen atoms in total. The minimum absolute atomic E-state index is 0.888. The number of rotatable bonds is 7. The molecule has 0 amide bonds. The predicted molar refractivity (Wildman–Crippen MR) is 245 cm³/mol. The molecule has 0 unspecified atom stereocenters. The predicted octanol–water partition coefficient (Wildman–Crippen LogP) is 16.0. The van der Waals surface area contributed by atoms with Gasteiger partial charge in [-0.1, -0.05) is 194 Å². The molecule has 272 valence electrons. The topological polar surface area (TPSA) is 16.4 Å². The van der Waals surface area contributed by atoms with Crippen LogP contribution in [0.25, 0.3) is 88.0 Å². The van der Waals surface area contributed by atoms with Crippen LogP contribution in [0.5, 0.6) is 0 Å². The molecule has 11 aromatic rings. The highest BCUT2D eigenvalue weighted by Crippen LogP contribution is 2.48. The van der Waals surface area contributed by atoms with Gasteiger partial charge in [-0.2, -0.15) is 0 Å². The Hall–Kier alpha value is -7.68. The fourth-order valence-corrected chi connectivity index (χ4v) is 8.74. The summed E-state index contributed by atoms with van der Waals surface area (Å²) in [4.78, 5) is 2.46. The first kappa shape index (κ1) is 33.6. The molecule has 0 aliphatic carbocycles. The lowest BCUT2D eigenvalue weighted by molar-refractivity contribution is 0.670. The molecule has 0 atom stereocenters. The maximum Gasteiger partial charge on any atom is 0.143 e. The third-order valence-corrected chi connectivity index (χ3v) is 11.5. The lowest BCUT2D eigenvalue weighted by Crippen LogP contribution is -2.12. The van der Waals surface area contributed by atoms with E-state index in [1.165, 1.54) is 43.8 Å². The zero-order valence-corrected chi connectivity index (χ0v) is 31.7. The summed E-state index contributed by atoms with van der Waals surface area (Å²) < 4.78 is 6.67. The van der Waals surface area contributed by atoms with Crippen molar-refractivity contribution in [3.05, 3.63) is 224 Å². The van der Waals surface area contributed by atoms with Crippen molar-refractivity contribution in [2.75, 3.05) is 4.90 Å². The van der Waals surface area contributed by atoms with Crippen LogP contribution < -0.4 is 4.90 Å². The minimum Gasteiger partial charge on any atom is -0.455 e. The van der Waals surface area contributed by atoms with Crippen molar-refractivity contribution in [3.8, 4) is 44.5 Å². The first-order valence-corrected chi connectivity index (χ1v) is 19.8. The van der Waals surface area contributed by atoms with Gasteiger partial charge in [-0.05, 0) is 79.9 Å². The number of hydrogen-bond acceptors (Lipinski definition) is 2. The Morgan fingerprint density at radius 3 is 1.67 bits per heavy atom. The van der Waals surface area contributed by atoms with Crippen LogP contribution in [-0.4, -0.2) is 0 Å². The Bertz CT molecular complexity index is 3270. The highest BCUT2D eigenvalue weighted by molar-refractivity contribution is 6.16. The van der Waals surface area contributed by atoms with Crippen LogP contribution in [0, 0.1) is 0 Å². The molecule has 1 heterocycles. The SMILES string of the molecule is c1ccc(-c2ccc(-c3ccc(N(c4ccccc4-c4cccc5c4oc4ccccc45)c4cc5ccccc5c5ccccc45)cc3-c3ccccc3)cc2)cc1. The Kier molecular flexibility index (Phi) is 8.19. The largest absolute Gasteiger partial charge is 0.455 e.